The minimum absolute atomic E-state index is 0.166. The van der Waals surface area contributed by atoms with Crippen LogP contribution in [0.4, 0.5) is 14.5 Å². The van der Waals surface area contributed by atoms with Crippen LogP contribution in [-0.4, -0.2) is 32.2 Å². The van der Waals surface area contributed by atoms with Crippen LogP contribution >= 0.6 is 23.5 Å². The quantitative estimate of drug-likeness (QED) is 0.486. The second-order valence-corrected chi connectivity index (χ2v) is 8.16. The van der Waals surface area contributed by atoms with Crippen molar-refractivity contribution in [3.05, 3.63) is 54.1 Å². The van der Waals surface area contributed by atoms with Crippen molar-refractivity contribution >= 4 is 35.1 Å². The van der Waals surface area contributed by atoms with E-state index in [9.17, 15) is 13.6 Å². The highest BCUT2D eigenvalue weighted by Gasteiger charge is 2.15. The number of aromatic nitrogens is 3. The van der Waals surface area contributed by atoms with Gasteiger partial charge in [0.1, 0.15) is 0 Å². The summed E-state index contributed by atoms with van der Waals surface area (Å²) in [5.74, 6) is -1.73. The lowest BCUT2D eigenvalue weighted by atomic mass is 10.1. The van der Waals surface area contributed by atoms with Crippen LogP contribution in [-0.2, 0) is 11.3 Å². The molecule has 1 N–H and O–H groups in total. The lowest BCUT2D eigenvalue weighted by Gasteiger charge is -2.08. The number of carbonyl (C=O) groups is 1. The second kappa shape index (κ2) is 9.89. The van der Waals surface area contributed by atoms with E-state index in [1.54, 1.807) is 24.3 Å². The van der Waals surface area contributed by atoms with Crippen molar-refractivity contribution in [3.63, 3.8) is 0 Å². The summed E-state index contributed by atoms with van der Waals surface area (Å²) in [4.78, 5) is 12.7. The van der Waals surface area contributed by atoms with Gasteiger partial charge in [0.15, 0.2) is 11.0 Å². The molecule has 2 aromatic carbocycles. The summed E-state index contributed by atoms with van der Waals surface area (Å²) in [6.45, 7) is 4.72. The number of aryl methyl sites for hydroxylation is 1. The molecule has 0 atom stereocenters. The van der Waals surface area contributed by atoms with Crippen LogP contribution in [0, 0.1) is 6.92 Å². The summed E-state index contributed by atoms with van der Waals surface area (Å²) < 4.78 is 26.7. The minimum atomic E-state index is -2.47. The Kier molecular flexibility index (Phi) is 7.27. The van der Waals surface area contributed by atoms with E-state index in [0.29, 0.717) is 34.0 Å². The van der Waals surface area contributed by atoms with Crippen molar-refractivity contribution < 1.29 is 13.6 Å². The van der Waals surface area contributed by atoms with E-state index in [0.717, 1.165) is 11.4 Å². The zero-order valence-corrected chi connectivity index (χ0v) is 17.6. The molecule has 0 aliphatic carbocycles. The Labute approximate surface area is 176 Å². The van der Waals surface area contributed by atoms with Crippen molar-refractivity contribution in [1.29, 1.82) is 0 Å². The molecule has 0 saturated carbocycles. The Hall–Kier alpha value is -2.39. The van der Waals surface area contributed by atoms with Gasteiger partial charge in [0.05, 0.1) is 5.75 Å². The van der Waals surface area contributed by atoms with E-state index < -0.39 is 5.76 Å². The molecular formula is C20H20F2N4OS2. The third-order valence-corrected chi connectivity index (χ3v) is 5.73. The summed E-state index contributed by atoms with van der Waals surface area (Å²) in [6, 6.07) is 14.4. The normalized spacial score (nSPS) is 11.1. The van der Waals surface area contributed by atoms with Gasteiger partial charge in [-0.1, -0.05) is 53.4 Å². The first-order valence-electron chi connectivity index (χ1n) is 8.94. The van der Waals surface area contributed by atoms with E-state index in [-0.39, 0.29) is 11.7 Å². The molecule has 3 rings (SSSR count). The van der Waals surface area contributed by atoms with Gasteiger partial charge in [0.25, 0.3) is 5.76 Å². The number of amides is 1. The van der Waals surface area contributed by atoms with Crippen molar-refractivity contribution in [2.45, 2.75) is 36.2 Å². The molecule has 1 amide bonds. The van der Waals surface area contributed by atoms with Gasteiger partial charge < -0.3 is 9.88 Å². The fourth-order valence-corrected chi connectivity index (χ4v) is 3.94. The monoisotopic (exact) mass is 434 g/mol. The van der Waals surface area contributed by atoms with Crippen molar-refractivity contribution in [1.82, 2.24) is 14.8 Å². The molecular weight excluding hydrogens is 414 g/mol. The molecule has 0 spiro atoms. The van der Waals surface area contributed by atoms with Crippen LogP contribution in [0.2, 0.25) is 0 Å². The minimum Gasteiger partial charge on any atom is -0.325 e. The number of nitrogens with zero attached hydrogens (tertiary/aromatic N) is 3. The van der Waals surface area contributed by atoms with Crippen LogP contribution in [0.5, 0.6) is 0 Å². The number of nitrogens with one attached hydrogen (secondary N) is 1. The molecule has 0 unspecified atom stereocenters. The van der Waals surface area contributed by atoms with Gasteiger partial charge in [0.2, 0.25) is 5.91 Å². The first-order valence-corrected chi connectivity index (χ1v) is 10.8. The van der Waals surface area contributed by atoms with Crippen molar-refractivity contribution in [2.24, 2.45) is 0 Å². The molecule has 0 bridgehead atoms. The molecule has 0 radical (unpaired) electrons. The van der Waals surface area contributed by atoms with Gasteiger partial charge >= 0.3 is 0 Å². The van der Waals surface area contributed by atoms with E-state index in [4.69, 9.17) is 0 Å². The number of hydrogen-bond donors (Lipinski definition) is 1. The Balaban J connectivity index is 1.61. The Bertz CT molecular complexity index is 960. The molecule has 29 heavy (non-hydrogen) atoms. The predicted molar refractivity (Wildman–Crippen MR) is 114 cm³/mol. The number of alkyl halides is 2. The summed E-state index contributed by atoms with van der Waals surface area (Å²) in [7, 11) is 0. The van der Waals surface area contributed by atoms with Crippen LogP contribution in [0.1, 0.15) is 12.5 Å². The molecule has 9 heteroatoms. The maximum Gasteiger partial charge on any atom is 0.288 e. The molecule has 3 aromatic rings. The van der Waals surface area contributed by atoms with Gasteiger partial charge in [-0.2, -0.15) is 8.78 Å². The van der Waals surface area contributed by atoms with Gasteiger partial charge in [0, 0.05) is 22.7 Å². The highest BCUT2D eigenvalue weighted by Crippen LogP contribution is 2.27. The first-order chi connectivity index (χ1) is 14.0. The van der Waals surface area contributed by atoms with Crippen molar-refractivity contribution in [3.8, 4) is 11.4 Å². The summed E-state index contributed by atoms with van der Waals surface area (Å²) in [6.07, 6.45) is 0. The average Bonchev–Trinajstić information content (AvgIpc) is 3.11. The summed E-state index contributed by atoms with van der Waals surface area (Å²) in [5.41, 5.74) is 2.71. The van der Waals surface area contributed by atoms with E-state index in [1.165, 1.54) is 17.3 Å². The Morgan fingerprint density at radius 2 is 1.79 bits per heavy atom. The number of halogens is 2. The number of benzene rings is 2. The third-order valence-electron chi connectivity index (χ3n) is 4.04. The van der Waals surface area contributed by atoms with Crippen LogP contribution in [0.25, 0.3) is 11.4 Å². The second-order valence-electron chi connectivity index (χ2n) is 6.16. The standard InChI is InChI=1S/C20H20F2N4OS2/c1-3-26-18(14-6-4-13(2)5-7-14)24-25-20(26)28-12-17(27)23-15-8-10-16(11-9-15)29-19(21)22/h4-11,19H,3,12H2,1-2H3,(H,23,27). The molecule has 0 aliphatic rings. The highest BCUT2D eigenvalue weighted by atomic mass is 32.2. The molecule has 1 heterocycles. The fraction of sp³-hybridized carbons (Fsp3) is 0.250. The van der Waals surface area contributed by atoms with Crippen LogP contribution in [0.3, 0.4) is 0 Å². The SMILES string of the molecule is CCn1c(SCC(=O)Nc2ccc(SC(F)F)cc2)nnc1-c1ccc(C)cc1. The molecule has 1 aromatic heterocycles. The topological polar surface area (TPSA) is 59.8 Å². The number of thioether (sulfide) groups is 2. The van der Waals surface area contributed by atoms with Gasteiger partial charge in [-0.25, -0.2) is 0 Å². The van der Waals surface area contributed by atoms with Crippen LogP contribution < -0.4 is 5.32 Å². The zero-order chi connectivity index (χ0) is 20.8. The zero-order valence-electron chi connectivity index (χ0n) is 15.9. The average molecular weight is 435 g/mol. The summed E-state index contributed by atoms with van der Waals surface area (Å²) >= 11 is 1.77. The van der Waals surface area contributed by atoms with E-state index in [2.05, 4.69) is 15.5 Å². The molecule has 5 nitrogen and oxygen atoms in total. The molecule has 0 aliphatic heterocycles. The number of hydrogen-bond acceptors (Lipinski definition) is 5. The maximum atomic E-state index is 12.4. The highest BCUT2D eigenvalue weighted by molar-refractivity contribution is 8.00. The number of carbonyl (C=O) groups excluding carboxylic acids is 1. The van der Waals surface area contributed by atoms with Gasteiger partial charge in [-0.05, 0) is 38.1 Å². The largest absolute Gasteiger partial charge is 0.325 e. The van der Waals surface area contributed by atoms with Crippen LogP contribution in [0.15, 0.2) is 58.6 Å². The van der Waals surface area contributed by atoms with Gasteiger partial charge in [-0.3, -0.25) is 4.79 Å². The van der Waals surface area contributed by atoms with E-state index in [1.807, 2.05) is 42.7 Å². The lowest BCUT2D eigenvalue weighted by molar-refractivity contribution is -0.113. The van der Waals surface area contributed by atoms with Crippen molar-refractivity contribution in [2.75, 3.05) is 11.1 Å². The molecule has 0 saturated heterocycles. The first kappa shape index (κ1) is 21.3. The Morgan fingerprint density at radius 3 is 2.41 bits per heavy atom. The summed E-state index contributed by atoms with van der Waals surface area (Å²) in [5, 5.41) is 11.9. The Morgan fingerprint density at radius 1 is 1.10 bits per heavy atom. The fourth-order valence-electron chi connectivity index (χ4n) is 2.64. The van der Waals surface area contributed by atoms with E-state index >= 15 is 0 Å². The lowest BCUT2D eigenvalue weighted by Crippen LogP contribution is -2.14. The van der Waals surface area contributed by atoms with Gasteiger partial charge in [-0.15, -0.1) is 10.2 Å². The smallest absolute Gasteiger partial charge is 0.288 e. The third kappa shape index (κ3) is 5.80. The molecule has 0 fully saturated rings. The number of anilines is 1. The number of rotatable bonds is 8. The predicted octanol–water partition coefficient (Wildman–Crippen LogP) is 5.32. The maximum absolute atomic E-state index is 12.4. The molecule has 152 valence electrons.